The molecule has 1 fully saturated rings. The number of anilines is 1. The molecule has 0 amide bonds. The molecule has 1 aliphatic rings. The van der Waals surface area contributed by atoms with E-state index in [-0.39, 0.29) is 65.2 Å². The number of hydrogen-bond donors (Lipinski definition) is 4. The molecular formula is C24H28Cl2N2O5. The van der Waals surface area contributed by atoms with Gasteiger partial charge in [0.2, 0.25) is 0 Å². The van der Waals surface area contributed by atoms with E-state index in [1.165, 1.54) is 12.1 Å². The first-order valence-electron chi connectivity index (χ1n) is 10.6. The van der Waals surface area contributed by atoms with Gasteiger partial charge in [-0.15, -0.1) is 12.4 Å². The first kappa shape index (κ1) is 25.2. The van der Waals surface area contributed by atoms with Crippen LogP contribution in [0.15, 0.2) is 39.5 Å². The van der Waals surface area contributed by atoms with Crippen molar-refractivity contribution in [1.82, 2.24) is 4.90 Å². The third-order valence-electron chi connectivity index (χ3n) is 6.09. The molecule has 33 heavy (non-hydrogen) atoms. The summed E-state index contributed by atoms with van der Waals surface area (Å²) in [6, 6.07) is 7.78. The largest absolute Gasteiger partial charge is 0.507 e. The highest BCUT2D eigenvalue weighted by atomic mass is 35.5. The Morgan fingerprint density at radius 2 is 1.97 bits per heavy atom. The molecule has 4 rings (SSSR count). The lowest BCUT2D eigenvalue weighted by atomic mass is 9.89. The number of nitrogens with zero attached hydrogens (tertiary/aromatic N) is 1. The fourth-order valence-electron chi connectivity index (χ4n) is 4.57. The van der Waals surface area contributed by atoms with Gasteiger partial charge in [-0.25, -0.2) is 0 Å². The van der Waals surface area contributed by atoms with Crippen LogP contribution in [-0.2, 0) is 0 Å². The van der Waals surface area contributed by atoms with Crippen molar-refractivity contribution in [2.45, 2.75) is 38.3 Å². The van der Waals surface area contributed by atoms with Crippen LogP contribution in [0.5, 0.6) is 11.5 Å². The van der Waals surface area contributed by atoms with Gasteiger partial charge in [0.25, 0.3) is 0 Å². The molecule has 0 radical (unpaired) electrons. The first-order chi connectivity index (χ1) is 15.2. The van der Waals surface area contributed by atoms with E-state index in [0.717, 1.165) is 6.54 Å². The van der Waals surface area contributed by atoms with E-state index in [4.69, 9.17) is 16.0 Å². The van der Waals surface area contributed by atoms with Gasteiger partial charge < -0.3 is 30.0 Å². The molecule has 2 atom stereocenters. The lowest BCUT2D eigenvalue weighted by Crippen LogP contribution is -2.32. The van der Waals surface area contributed by atoms with Crippen molar-refractivity contribution in [3.63, 3.8) is 0 Å². The van der Waals surface area contributed by atoms with Gasteiger partial charge in [0.05, 0.1) is 17.3 Å². The van der Waals surface area contributed by atoms with Gasteiger partial charge in [0.15, 0.2) is 5.43 Å². The molecule has 0 saturated carbocycles. The summed E-state index contributed by atoms with van der Waals surface area (Å²) in [6.45, 7) is 4.60. The van der Waals surface area contributed by atoms with E-state index < -0.39 is 5.43 Å². The van der Waals surface area contributed by atoms with Gasteiger partial charge in [-0.2, -0.15) is 0 Å². The highest BCUT2D eigenvalue weighted by Crippen LogP contribution is 2.45. The normalized spacial score (nSPS) is 18.6. The maximum atomic E-state index is 13.0. The number of rotatable bonds is 5. The second-order valence-corrected chi connectivity index (χ2v) is 8.98. The zero-order valence-corrected chi connectivity index (χ0v) is 20.2. The summed E-state index contributed by atoms with van der Waals surface area (Å²) in [6.07, 6.45) is 0.664. The number of aliphatic hydroxyl groups is 1. The molecule has 1 aliphatic heterocycles. The van der Waals surface area contributed by atoms with E-state index in [1.54, 1.807) is 6.07 Å². The Bertz CT molecular complexity index is 1230. The third-order valence-corrected chi connectivity index (χ3v) is 6.49. The predicted octanol–water partition coefficient (Wildman–Crippen LogP) is 4.55. The van der Waals surface area contributed by atoms with E-state index in [9.17, 15) is 20.1 Å². The summed E-state index contributed by atoms with van der Waals surface area (Å²) < 4.78 is 6.17. The van der Waals surface area contributed by atoms with Gasteiger partial charge in [-0.3, -0.25) is 4.79 Å². The number of phenolic OH excluding ortho intramolecular Hbond substituents is 2. The minimum Gasteiger partial charge on any atom is -0.507 e. The minimum absolute atomic E-state index is 0. The smallest absolute Gasteiger partial charge is 0.197 e. The fraction of sp³-hybridized carbons (Fsp3) is 0.375. The number of fused-ring (bicyclic) bond motifs is 1. The van der Waals surface area contributed by atoms with Crippen LogP contribution in [0.1, 0.15) is 31.7 Å². The van der Waals surface area contributed by atoms with Crippen molar-refractivity contribution < 1.29 is 19.7 Å². The Kier molecular flexibility index (Phi) is 7.49. The summed E-state index contributed by atoms with van der Waals surface area (Å²) in [7, 11) is 1.90. The molecule has 7 nitrogen and oxygen atoms in total. The van der Waals surface area contributed by atoms with E-state index in [1.807, 2.05) is 37.9 Å². The van der Waals surface area contributed by atoms with E-state index in [0.29, 0.717) is 28.3 Å². The molecule has 2 unspecified atom stereocenters. The molecule has 178 valence electrons. The Morgan fingerprint density at radius 1 is 1.24 bits per heavy atom. The second kappa shape index (κ2) is 9.81. The van der Waals surface area contributed by atoms with Crippen LogP contribution < -0.4 is 10.7 Å². The molecular weight excluding hydrogens is 467 g/mol. The van der Waals surface area contributed by atoms with Gasteiger partial charge in [-0.05, 0) is 46.0 Å². The van der Waals surface area contributed by atoms with Crippen LogP contribution in [-0.4, -0.2) is 52.5 Å². The fourth-order valence-corrected chi connectivity index (χ4v) is 4.84. The number of hydrogen-bond acceptors (Lipinski definition) is 7. The Balaban J connectivity index is 0.00000306. The molecule has 9 heteroatoms. The van der Waals surface area contributed by atoms with Gasteiger partial charge in [0.1, 0.15) is 28.2 Å². The van der Waals surface area contributed by atoms with Crippen LogP contribution in [0.25, 0.3) is 22.3 Å². The zero-order chi connectivity index (χ0) is 23.2. The van der Waals surface area contributed by atoms with Crippen molar-refractivity contribution in [2.75, 3.05) is 25.5 Å². The highest BCUT2D eigenvalue weighted by Gasteiger charge is 2.36. The summed E-state index contributed by atoms with van der Waals surface area (Å²) in [5.41, 5.74) is 1.31. The number of likely N-dealkylation sites (N-methyl/N-ethyl adjacent to an activating group) is 1. The maximum Gasteiger partial charge on any atom is 0.197 e. The topological polar surface area (TPSA) is 106 Å². The Hall–Kier alpha value is -2.45. The van der Waals surface area contributed by atoms with Crippen molar-refractivity contribution >= 4 is 40.7 Å². The number of aromatic hydroxyl groups is 2. The average Bonchev–Trinajstić information content (AvgIpc) is 3.08. The molecule has 4 N–H and O–H groups in total. The molecule has 1 saturated heterocycles. The number of likely N-dealkylation sites (tertiary alicyclic amines) is 1. The van der Waals surface area contributed by atoms with Crippen LogP contribution in [0.2, 0.25) is 5.02 Å². The molecule has 3 aromatic rings. The zero-order valence-electron chi connectivity index (χ0n) is 18.6. The molecule has 2 heterocycles. The predicted molar refractivity (Wildman–Crippen MR) is 133 cm³/mol. The third kappa shape index (κ3) is 4.51. The van der Waals surface area contributed by atoms with E-state index in [2.05, 4.69) is 5.32 Å². The monoisotopic (exact) mass is 494 g/mol. The van der Waals surface area contributed by atoms with Gasteiger partial charge in [-0.1, -0.05) is 17.7 Å². The Labute approximate surface area is 203 Å². The van der Waals surface area contributed by atoms with Crippen LogP contribution in [0, 0.1) is 0 Å². The summed E-state index contributed by atoms with van der Waals surface area (Å²) >= 11 is 6.62. The molecule has 0 aliphatic carbocycles. The van der Waals surface area contributed by atoms with Crippen molar-refractivity contribution in [3.8, 4) is 22.8 Å². The van der Waals surface area contributed by atoms with E-state index >= 15 is 0 Å². The SMILES string of the molecule is CC(C)Nc1cccc(-c2cc(=O)c3c(O)cc(O)c(C4CCN(C)C4CO)c3o2)c1Cl.Cl. The summed E-state index contributed by atoms with van der Waals surface area (Å²) in [5, 5.41) is 34.8. The number of phenols is 2. The Morgan fingerprint density at radius 3 is 2.64 bits per heavy atom. The quantitative estimate of drug-likeness (QED) is 0.412. The minimum atomic E-state index is -0.440. The van der Waals surface area contributed by atoms with Crippen LogP contribution in [0.4, 0.5) is 5.69 Å². The lowest BCUT2D eigenvalue weighted by molar-refractivity contribution is 0.172. The highest BCUT2D eigenvalue weighted by molar-refractivity contribution is 6.35. The average molecular weight is 495 g/mol. The number of aliphatic hydroxyl groups excluding tert-OH is 1. The molecule has 0 bridgehead atoms. The second-order valence-electron chi connectivity index (χ2n) is 8.60. The van der Waals surface area contributed by atoms with Crippen LogP contribution in [0.3, 0.4) is 0 Å². The lowest BCUT2D eigenvalue weighted by Gasteiger charge is -2.24. The van der Waals surface area contributed by atoms with Crippen molar-refractivity contribution in [1.29, 1.82) is 0 Å². The number of nitrogens with one attached hydrogen (secondary N) is 1. The van der Waals surface area contributed by atoms with Crippen LogP contribution >= 0.6 is 24.0 Å². The summed E-state index contributed by atoms with van der Waals surface area (Å²) in [5.74, 6) is -0.556. The standard InChI is InChI=1S/C24H27ClN2O5.ClH/c1-12(2)26-15-6-4-5-14(23(15)25)20-10-19(31)22-18(30)9-17(29)21(24(22)32-20)13-7-8-27(3)16(13)11-28;/h4-6,9-10,12-13,16,26,28-30H,7-8,11H2,1-3H3;1H. The molecule has 2 aromatic carbocycles. The first-order valence-corrected chi connectivity index (χ1v) is 11.0. The number of benzene rings is 2. The van der Waals surface area contributed by atoms with Gasteiger partial charge in [0, 0.05) is 41.3 Å². The molecule has 0 spiro atoms. The van der Waals surface area contributed by atoms with Crippen molar-refractivity contribution in [3.05, 3.63) is 51.1 Å². The molecule has 1 aromatic heterocycles. The maximum absolute atomic E-state index is 13.0. The van der Waals surface area contributed by atoms with Crippen molar-refractivity contribution in [2.24, 2.45) is 0 Å². The summed E-state index contributed by atoms with van der Waals surface area (Å²) in [4.78, 5) is 15.0. The number of halogens is 2. The van der Waals surface area contributed by atoms with Gasteiger partial charge >= 0.3 is 0 Å².